The number of rotatable bonds is 6. The lowest BCUT2D eigenvalue weighted by Gasteiger charge is -2.06. The predicted molar refractivity (Wildman–Crippen MR) is 92.7 cm³/mol. The summed E-state index contributed by atoms with van der Waals surface area (Å²) in [4.78, 5) is 0. The first-order valence-corrected chi connectivity index (χ1v) is 8.47. The summed E-state index contributed by atoms with van der Waals surface area (Å²) < 4.78 is 19.8. The van der Waals surface area contributed by atoms with Gasteiger partial charge in [0.2, 0.25) is 5.16 Å². The molecule has 7 heteroatoms. The van der Waals surface area contributed by atoms with Crippen LogP contribution >= 0.6 is 11.8 Å². The van der Waals surface area contributed by atoms with E-state index in [1.54, 1.807) is 12.1 Å². The van der Waals surface area contributed by atoms with Gasteiger partial charge in [-0.1, -0.05) is 23.9 Å². The fraction of sp³-hybridized carbons (Fsp3) is 0.176. The van der Waals surface area contributed by atoms with Gasteiger partial charge in [0.05, 0.1) is 6.61 Å². The fourth-order valence-corrected chi connectivity index (χ4v) is 2.98. The highest BCUT2D eigenvalue weighted by molar-refractivity contribution is 7.98. The van der Waals surface area contributed by atoms with Gasteiger partial charge in [-0.3, -0.25) is 0 Å². The highest BCUT2D eigenvalue weighted by Crippen LogP contribution is 2.25. The van der Waals surface area contributed by atoms with Gasteiger partial charge in [0.25, 0.3) is 0 Å². The number of hydrogen-bond acceptors (Lipinski definition) is 5. The zero-order valence-electron chi connectivity index (χ0n) is 13.1. The standard InChI is InChI=1S/C17H17FN4OS/c1-2-23-15-9-5-13(6-10-15)16-20-21-17(22(16)19)24-11-12-3-7-14(18)8-4-12/h3-10H,2,11,19H2,1H3. The van der Waals surface area contributed by atoms with Crippen LogP contribution in [-0.4, -0.2) is 21.5 Å². The molecule has 1 aromatic heterocycles. The van der Waals surface area contributed by atoms with Crippen LogP contribution in [-0.2, 0) is 5.75 Å². The third-order valence-corrected chi connectivity index (χ3v) is 4.38. The second-order valence-corrected chi connectivity index (χ2v) is 5.99. The Bertz CT molecular complexity index is 802. The molecule has 5 nitrogen and oxygen atoms in total. The molecular formula is C17H17FN4OS. The molecule has 0 radical (unpaired) electrons. The fourth-order valence-electron chi connectivity index (χ4n) is 2.17. The maximum absolute atomic E-state index is 12.9. The predicted octanol–water partition coefficient (Wildman–Crippen LogP) is 3.49. The van der Waals surface area contributed by atoms with E-state index >= 15 is 0 Å². The van der Waals surface area contributed by atoms with Crippen LogP contribution in [0.5, 0.6) is 5.75 Å². The Morgan fingerprint density at radius 3 is 2.46 bits per heavy atom. The van der Waals surface area contributed by atoms with E-state index in [1.165, 1.54) is 28.6 Å². The Morgan fingerprint density at radius 1 is 1.08 bits per heavy atom. The molecule has 0 aliphatic carbocycles. The summed E-state index contributed by atoms with van der Waals surface area (Å²) in [6.07, 6.45) is 0. The summed E-state index contributed by atoms with van der Waals surface area (Å²) in [5, 5.41) is 8.88. The van der Waals surface area contributed by atoms with Crippen LogP contribution in [0.2, 0.25) is 0 Å². The molecule has 3 aromatic rings. The van der Waals surface area contributed by atoms with Crippen molar-refractivity contribution in [3.8, 4) is 17.1 Å². The van der Waals surface area contributed by atoms with Gasteiger partial charge in [-0.25, -0.2) is 9.07 Å². The molecule has 0 saturated heterocycles. The minimum atomic E-state index is -0.247. The summed E-state index contributed by atoms with van der Waals surface area (Å²) in [5.74, 6) is 7.88. The van der Waals surface area contributed by atoms with E-state index in [9.17, 15) is 4.39 Å². The van der Waals surface area contributed by atoms with E-state index in [2.05, 4.69) is 10.2 Å². The van der Waals surface area contributed by atoms with E-state index in [0.717, 1.165) is 16.9 Å². The maximum atomic E-state index is 12.9. The van der Waals surface area contributed by atoms with Crippen LogP contribution in [0.15, 0.2) is 53.7 Å². The van der Waals surface area contributed by atoms with Crippen molar-refractivity contribution in [2.45, 2.75) is 17.8 Å². The maximum Gasteiger partial charge on any atom is 0.210 e. The molecule has 0 unspecified atom stereocenters. The normalized spacial score (nSPS) is 10.8. The molecule has 0 fully saturated rings. The number of halogens is 1. The molecule has 124 valence electrons. The lowest BCUT2D eigenvalue weighted by atomic mass is 10.2. The molecule has 0 spiro atoms. The summed E-state index contributed by atoms with van der Waals surface area (Å²) in [5.41, 5.74) is 1.86. The summed E-state index contributed by atoms with van der Waals surface area (Å²) in [6, 6.07) is 13.9. The number of nitrogens with two attached hydrogens (primary N) is 1. The van der Waals surface area contributed by atoms with Gasteiger partial charge >= 0.3 is 0 Å². The Balaban J connectivity index is 1.72. The quantitative estimate of drug-likeness (QED) is 0.548. The molecule has 24 heavy (non-hydrogen) atoms. The van der Waals surface area contributed by atoms with Gasteiger partial charge in [0.1, 0.15) is 11.6 Å². The Morgan fingerprint density at radius 2 is 1.79 bits per heavy atom. The average Bonchev–Trinajstić information content (AvgIpc) is 2.96. The topological polar surface area (TPSA) is 66.0 Å². The van der Waals surface area contributed by atoms with Crippen molar-refractivity contribution in [1.82, 2.24) is 14.9 Å². The zero-order chi connectivity index (χ0) is 16.9. The first-order valence-electron chi connectivity index (χ1n) is 7.48. The minimum Gasteiger partial charge on any atom is -0.494 e. The largest absolute Gasteiger partial charge is 0.494 e. The van der Waals surface area contributed by atoms with Crippen molar-refractivity contribution >= 4 is 11.8 Å². The molecule has 0 aliphatic rings. The van der Waals surface area contributed by atoms with Crippen molar-refractivity contribution < 1.29 is 9.13 Å². The molecule has 0 aliphatic heterocycles. The van der Waals surface area contributed by atoms with Gasteiger partial charge in [0.15, 0.2) is 5.82 Å². The van der Waals surface area contributed by atoms with Gasteiger partial charge in [-0.15, -0.1) is 10.2 Å². The lowest BCUT2D eigenvalue weighted by Crippen LogP contribution is -2.11. The average molecular weight is 344 g/mol. The number of nitrogens with zero attached hydrogens (tertiary/aromatic N) is 3. The number of ether oxygens (including phenoxy) is 1. The molecule has 0 amide bonds. The molecule has 0 bridgehead atoms. The first kappa shape index (κ1) is 16.3. The molecular weight excluding hydrogens is 327 g/mol. The second-order valence-electron chi connectivity index (χ2n) is 5.05. The van der Waals surface area contributed by atoms with Crippen molar-refractivity contribution in [3.05, 3.63) is 59.9 Å². The van der Waals surface area contributed by atoms with Gasteiger partial charge < -0.3 is 10.6 Å². The van der Waals surface area contributed by atoms with Crippen LogP contribution in [0.4, 0.5) is 4.39 Å². The number of nitrogen functional groups attached to an aromatic ring is 1. The smallest absolute Gasteiger partial charge is 0.210 e. The monoisotopic (exact) mass is 344 g/mol. The number of hydrogen-bond donors (Lipinski definition) is 1. The highest BCUT2D eigenvalue weighted by atomic mass is 32.2. The van der Waals surface area contributed by atoms with E-state index in [1.807, 2.05) is 31.2 Å². The number of thioether (sulfide) groups is 1. The van der Waals surface area contributed by atoms with E-state index < -0.39 is 0 Å². The van der Waals surface area contributed by atoms with Crippen molar-refractivity contribution in [3.63, 3.8) is 0 Å². The van der Waals surface area contributed by atoms with Crippen molar-refractivity contribution in [2.75, 3.05) is 12.4 Å². The molecule has 2 aromatic carbocycles. The molecule has 2 N–H and O–H groups in total. The Hall–Kier alpha value is -2.54. The van der Waals surface area contributed by atoms with E-state index in [4.69, 9.17) is 10.6 Å². The third kappa shape index (κ3) is 3.68. The lowest BCUT2D eigenvalue weighted by molar-refractivity contribution is 0.340. The minimum absolute atomic E-state index is 0.247. The number of benzene rings is 2. The van der Waals surface area contributed by atoms with Gasteiger partial charge in [0, 0.05) is 11.3 Å². The van der Waals surface area contributed by atoms with Gasteiger partial charge in [-0.2, -0.15) is 0 Å². The van der Waals surface area contributed by atoms with E-state index in [-0.39, 0.29) is 5.82 Å². The van der Waals surface area contributed by atoms with Crippen LogP contribution in [0.3, 0.4) is 0 Å². The number of aromatic nitrogens is 3. The van der Waals surface area contributed by atoms with Crippen LogP contribution < -0.4 is 10.6 Å². The first-order chi connectivity index (χ1) is 11.7. The van der Waals surface area contributed by atoms with Crippen LogP contribution in [0, 0.1) is 5.82 Å². The van der Waals surface area contributed by atoms with Crippen LogP contribution in [0.25, 0.3) is 11.4 Å². The zero-order valence-corrected chi connectivity index (χ0v) is 14.0. The second kappa shape index (κ2) is 7.35. The molecule has 3 rings (SSSR count). The summed E-state index contributed by atoms with van der Waals surface area (Å²) in [6.45, 7) is 2.56. The Kier molecular flexibility index (Phi) is 5.00. The third-order valence-electron chi connectivity index (χ3n) is 3.37. The Labute approximate surface area is 143 Å². The highest BCUT2D eigenvalue weighted by Gasteiger charge is 2.12. The van der Waals surface area contributed by atoms with Gasteiger partial charge in [-0.05, 0) is 48.9 Å². The van der Waals surface area contributed by atoms with Crippen molar-refractivity contribution in [1.29, 1.82) is 0 Å². The van der Waals surface area contributed by atoms with Crippen molar-refractivity contribution in [2.24, 2.45) is 0 Å². The molecule has 1 heterocycles. The molecule has 0 atom stereocenters. The SMILES string of the molecule is CCOc1ccc(-c2nnc(SCc3ccc(F)cc3)n2N)cc1. The summed E-state index contributed by atoms with van der Waals surface area (Å²) >= 11 is 1.45. The van der Waals surface area contributed by atoms with E-state index in [0.29, 0.717) is 23.3 Å². The van der Waals surface area contributed by atoms with Crippen LogP contribution in [0.1, 0.15) is 12.5 Å². The molecule has 0 saturated carbocycles. The summed E-state index contributed by atoms with van der Waals surface area (Å²) in [7, 11) is 0.